The number of fused-ring (bicyclic) bond motifs is 2. The SMILES string of the molecule is COc1cc2nc(Cl)nc(N3CCCC(Nc4ccc5[nH]ncc5c4)C3)c2cc1OC. The van der Waals surface area contributed by atoms with Crippen LogP contribution in [-0.2, 0) is 0 Å². The van der Waals surface area contributed by atoms with E-state index in [-0.39, 0.29) is 11.3 Å². The molecule has 1 unspecified atom stereocenters. The number of anilines is 2. The second-order valence-electron chi connectivity index (χ2n) is 7.64. The van der Waals surface area contributed by atoms with Gasteiger partial charge in [0.1, 0.15) is 5.82 Å². The Morgan fingerprint density at radius 1 is 1.13 bits per heavy atom. The van der Waals surface area contributed by atoms with Crippen molar-refractivity contribution in [3.05, 3.63) is 41.8 Å². The molecule has 2 aromatic carbocycles. The maximum atomic E-state index is 6.28. The van der Waals surface area contributed by atoms with Crippen LogP contribution in [0.25, 0.3) is 21.8 Å². The number of methoxy groups -OCH3 is 2. The number of hydrogen-bond acceptors (Lipinski definition) is 7. The third-order valence-corrected chi connectivity index (χ3v) is 5.85. The van der Waals surface area contributed by atoms with E-state index in [1.807, 2.05) is 24.4 Å². The molecule has 1 atom stereocenters. The predicted octanol–water partition coefficient (Wildman–Crippen LogP) is 4.26. The van der Waals surface area contributed by atoms with Gasteiger partial charge in [0.25, 0.3) is 0 Å². The summed E-state index contributed by atoms with van der Waals surface area (Å²) in [5.74, 6) is 2.07. The molecule has 0 aliphatic carbocycles. The summed E-state index contributed by atoms with van der Waals surface area (Å²) >= 11 is 6.28. The standard InChI is InChI=1S/C22H23ClN6O2/c1-30-19-9-16-18(10-20(19)31-2)26-22(23)27-21(16)29-7-3-4-15(12-29)25-14-5-6-17-13(8-14)11-24-28-17/h5-6,8-11,15,25H,3-4,7,12H2,1-2H3,(H,24,28). The maximum absolute atomic E-state index is 6.28. The molecule has 0 spiro atoms. The van der Waals surface area contributed by atoms with Crippen LogP contribution in [0.4, 0.5) is 11.5 Å². The summed E-state index contributed by atoms with van der Waals surface area (Å²) in [4.78, 5) is 11.2. The smallest absolute Gasteiger partial charge is 0.224 e. The number of H-pyrrole nitrogens is 1. The quantitative estimate of drug-likeness (QED) is 0.450. The van der Waals surface area contributed by atoms with Crippen LogP contribution >= 0.6 is 11.6 Å². The van der Waals surface area contributed by atoms with Crippen molar-refractivity contribution in [2.24, 2.45) is 0 Å². The lowest BCUT2D eigenvalue weighted by molar-refractivity contribution is 0.356. The number of ether oxygens (including phenoxy) is 2. The average Bonchev–Trinajstić information content (AvgIpc) is 3.25. The van der Waals surface area contributed by atoms with E-state index in [9.17, 15) is 0 Å². The van der Waals surface area contributed by atoms with Gasteiger partial charge in [-0.2, -0.15) is 10.1 Å². The fourth-order valence-corrected chi connectivity index (χ4v) is 4.38. The fraction of sp³-hybridized carbons (Fsp3) is 0.318. The van der Waals surface area contributed by atoms with Crippen molar-refractivity contribution in [2.45, 2.75) is 18.9 Å². The van der Waals surface area contributed by atoms with Crippen LogP contribution < -0.4 is 19.7 Å². The second kappa shape index (κ2) is 8.11. The third-order valence-electron chi connectivity index (χ3n) is 5.69. The number of aromatic amines is 1. The van der Waals surface area contributed by atoms with E-state index in [0.717, 1.165) is 59.2 Å². The first-order chi connectivity index (χ1) is 15.1. The van der Waals surface area contributed by atoms with E-state index in [2.05, 4.69) is 42.5 Å². The van der Waals surface area contributed by atoms with Gasteiger partial charge in [-0.25, -0.2) is 4.98 Å². The normalized spacial score (nSPS) is 16.6. The molecule has 0 bridgehead atoms. The summed E-state index contributed by atoms with van der Waals surface area (Å²) in [6.45, 7) is 1.70. The molecule has 0 saturated carbocycles. The first-order valence-corrected chi connectivity index (χ1v) is 10.6. The van der Waals surface area contributed by atoms with Crippen molar-refractivity contribution in [1.82, 2.24) is 20.2 Å². The van der Waals surface area contributed by atoms with Crippen molar-refractivity contribution in [3.63, 3.8) is 0 Å². The lowest BCUT2D eigenvalue weighted by Gasteiger charge is -2.35. The molecule has 1 aliphatic rings. The number of aromatic nitrogens is 4. The molecule has 2 N–H and O–H groups in total. The van der Waals surface area contributed by atoms with Gasteiger partial charge in [0.15, 0.2) is 11.5 Å². The minimum atomic E-state index is 0.218. The van der Waals surface area contributed by atoms with E-state index in [1.165, 1.54) is 0 Å². The zero-order valence-corrected chi connectivity index (χ0v) is 18.1. The Balaban J connectivity index is 1.45. The molecule has 8 nitrogen and oxygen atoms in total. The van der Waals surface area contributed by atoms with E-state index in [1.54, 1.807) is 14.2 Å². The third kappa shape index (κ3) is 3.79. The minimum absolute atomic E-state index is 0.218. The van der Waals surface area contributed by atoms with Crippen LogP contribution in [0, 0.1) is 0 Å². The van der Waals surface area contributed by atoms with Crippen molar-refractivity contribution in [2.75, 3.05) is 37.5 Å². The molecular weight excluding hydrogens is 416 g/mol. The Morgan fingerprint density at radius 3 is 2.81 bits per heavy atom. The number of nitrogens with zero attached hydrogens (tertiary/aromatic N) is 4. The lowest BCUT2D eigenvalue weighted by atomic mass is 10.0. The zero-order chi connectivity index (χ0) is 21.4. The Kier molecular flexibility index (Phi) is 5.15. The first kappa shape index (κ1) is 19.7. The van der Waals surface area contributed by atoms with Gasteiger partial charge in [0.2, 0.25) is 5.28 Å². The molecule has 2 aromatic heterocycles. The van der Waals surface area contributed by atoms with E-state index >= 15 is 0 Å². The zero-order valence-electron chi connectivity index (χ0n) is 17.4. The Bertz CT molecular complexity index is 1240. The molecule has 0 radical (unpaired) electrons. The van der Waals surface area contributed by atoms with Crippen LogP contribution in [0.5, 0.6) is 11.5 Å². The van der Waals surface area contributed by atoms with Crippen molar-refractivity contribution < 1.29 is 9.47 Å². The molecule has 9 heteroatoms. The van der Waals surface area contributed by atoms with Gasteiger partial charge < -0.3 is 19.7 Å². The van der Waals surface area contributed by atoms with E-state index in [4.69, 9.17) is 21.1 Å². The predicted molar refractivity (Wildman–Crippen MR) is 123 cm³/mol. The second-order valence-corrected chi connectivity index (χ2v) is 7.98. The largest absolute Gasteiger partial charge is 0.493 e. The molecule has 3 heterocycles. The highest BCUT2D eigenvalue weighted by Gasteiger charge is 2.24. The van der Waals surface area contributed by atoms with Gasteiger partial charge in [-0.3, -0.25) is 5.10 Å². The molecule has 160 valence electrons. The Morgan fingerprint density at radius 2 is 1.97 bits per heavy atom. The van der Waals surface area contributed by atoms with Crippen LogP contribution in [0.1, 0.15) is 12.8 Å². The van der Waals surface area contributed by atoms with Gasteiger partial charge in [-0.05, 0) is 48.7 Å². The number of halogens is 1. The van der Waals surface area contributed by atoms with Gasteiger partial charge >= 0.3 is 0 Å². The molecule has 5 rings (SSSR count). The molecule has 1 saturated heterocycles. The minimum Gasteiger partial charge on any atom is -0.493 e. The average molecular weight is 439 g/mol. The van der Waals surface area contributed by atoms with E-state index < -0.39 is 0 Å². The highest BCUT2D eigenvalue weighted by Crippen LogP contribution is 2.36. The van der Waals surface area contributed by atoms with Crippen molar-refractivity contribution >= 4 is 44.9 Å². The van der Waals surface area contributed by atoms with Gasteiger partial charge in [-0.1, -0.05) is 0 Å². The molecule has 0 amide bonds. The molecule has 4 aromatic rings. The Labute approximate surface area is 184 Å². The van der Waals surface area contributed by atoms with Gasteiger partial charge in [0.05, 0.1) is 31.4 Å². The number of rotatable bonds is 5. The van der Waals surface area contributed by atoms with Crippen LogP contribution in [-0.4, -0.2) is 53.5 Å². The number of piperidine rings is 1. The summed E-state index contributed by atoms with van der Waals surface area (Å²) in [6, 6.07) is 10.3. The Hall–Kier alpha value is -3.26. The molecule has 31 heavy (non-hydrogen) atoms. The van der Waals surface area contributed by atoms with Gasteiger partial charge in [-0.15, -0.1) is 0 Å². The van der Waals surface area contributed by atoms with Crippen LogP contribution in [0.2, 0.25) is 5.28 Å². The van der Waals surface area contributed by atoms with Crippen molar-refractivity contribution in [3.8, 4) is 11.5 Å². The number of nitrogens with one attached hydrogen (secondary N) is 2. The van der Waals surface area contributed by atoms with Gasteiger partial charge in [0, 0.05) is 41.7 Å². The fourth-order valence-electron chi connectivity index (χ4n) is 4.21. The topological polar surface area (TPSA) is 88.2 Å². The number of benzene rings is 2. The summed E-state index contributed by atoms with van der Waals surface area (Å²) in [5, 5.41) is 12.9. The molecular formula is C22H23ClN6O2. The molecule has 1 aliphatic heterocycles. The summed E-state index contributed by atoms with van der Waals surface area (Å²) in [7, 11) is 3.23. The highest BCUT2D eigenvalue weighted by molar-refractivity contribution is 6.28. The lowest BCUT2D eigenvalue weighted by Crippen LogP contribution is -2.42. The van der Waals surface area contributed by atoms with Crippen LogP contribution in [0.15, 0.2) is 36.5 Å². The van der Waals surface area contributed by atoms with Crippen LogP contribution in [0.3, 0.4) is 0 Å². The highest BCUT2D eigenvalue weighted by atomic mass is 35.5. The monoisotopic (exact) mass is 438 g/mol. The summed E-state index contributed by atoms with van der Waals surface area (Å²) < 4.78 is 10.9. The van der Waals surface area contributed by atoms with E-state index in [0.29, 0.717) is 11.5 Å². The molecule has 1 fully saturated rings. The maximum Gasteiger partial charge on any atom is 0.224 e. The summed E-state index contributed by atoms with van der Waals surface area (Å²) in [6.07, 6.45) is 3.96. The number of hydrogen-bond donors (Lipinski definition) is 2. The first-order valence-electron chi connectivity index (χ1n) is 10.2. The summed E-state index contributed by atoms with van der Waals surface area (Å²) in [5.41, 5.74) is 2.84. The van der Waals surface area contributed by atoms with Crippen molar-refractivity contribution in [1.29, 1.82) is 0 Å².